The second-order valence-corrected chi connectivity index (χ2v) is 8.47. The van der Waals surface area contributed by atoms with Crippen LogP contribution in [0.1, 0.15) is 41.8 Å². The number of anilines is 1. The molecule has 0 aliphatic heterocycles. The van der Waals surface area contributed by atoms with Crippen LogP contribution in [0.4, 0.5) is 10.5 Å². The molecule has 0 radical (unpaired) electrons. The predicted octanol–water partition coefficient (Wildman–Crippen LogP) is 2.80. The van der Waals surface area contributed by atoms with Crippen molar-refractivity contribution in [1.82, 2.24) is 10.6 Å². The summed E-state index contributed by atoms with van der Waals surface area (Å²) >= 11 is 0. The number of para-hydroxylation sites is 1. The predicted molar refractivity (Wildman–Crippen MR) is 122 cm³/mol. The van der Waals surface area contributed by atoms with Crippen molar-refractivity contribution in [1.29, 1.82) is 0 Å². The first-order valence-electron chi connectivity index (χ1n) is 10.6. The monoisotopic (exact) mass is 424 g/mol. The van der Waals surface area contributed by atoms with Gasteiger partial charge in [0.2, 0.25) is 5.91 Å². The summed E-state index contributed by atoms with van der Waals surface area (Å²) in [7, 11) is 1.73. The molecule has 0 bridgehead atoms. The number of fused-ring (bicyclic) bond motifs is 1. The van der Waals surface area contributed by atoms with Crippen molar-refractivity contribution >= 4 is 17.6 Å². The highest BCUT2D eigenvalue weighted by Crippen LogP contribution is 2.38. The third-order valence-corrected chi connectivity index (χ3v) is 6.00. The fourth-order valence-electron chi connectivity index (χ4n) is 4.33. The first kappa shape index (κ1) is 22.8. The lowest BCUT2D eigenvalue weighted by molar-refractivity contribution is 0.0356. The van der Waals surface area contributed by atoms with Crippen LogP contribution in [0, 0.1) is 0 Å². The topological polar surface area (TPSA) is 105 Å². The van der Waals surface area contributed by atoms with Gasteiger partial charge in [-0.25, -0.2) is 4.79 Å². The van der Waals surface area contributed by atoms with Crippen molar-refractivity contribution in [2.75, 3.05) is 25.5 Å². The van der Waals surface area contributed by atoms with E-state index in [0.29, 0.717) is 12.1 Å². The molecule has 0 saturated carbocycles. The molecule has 31 heavy (non-hydrogen) atoms. The fraction of sp³-hybridized carbons (Fsp3) is 0.417. The SMILES string of the molecule is CO[C@H]1Cc2ccc(C(N)=O)cc2C(C)(C)[C@@H]1NCCCNC(=O)Nc1ccccc1. The average molecular weight is 425 g/mol. The zero-order valence-electron chi connectivity index (χ0n) is 18.4. The molecule has 5 N–H and O–H groups in total. The molecule has 0 spiro atoms. The van der Waals surface area contributed by atoms with E-state index in [-0.39, 0.29) is 23.6 Å². The van der Waals surface area contributed by atoms with Crippen LogP contribution in [-0.2, 0) is 16.6 Å². The number of nitrogens with one attached hydrogen (secondary N) is 3. The van der Waals surface area contributed by atoms with Gasteiger partial charge < -0.3 is 26.4 Å². The molecule has 3 rings (SSSR count). The maximum atomic E-state index is 12.0. The van der Waals surface area contributed by atoms with Crippen LogP contribution in [0.15, 0.2) is 48.5 Å². The number of methoxy groups -OCH3 is 1. The minimum Gasteiger partial charge on any atom is -0.379 e. The molecule has 166 valence electrons. The Hall–Kier alpha value is -2.90. The van der Waals surface area contributed by atoms with Crippen LogP contribution >= 0.6 is 0 Å². The zero-order valence-corrected chi connectivity index (χ0v) is 18.4. The van der Waals surface area contributed by atoms with E-state index in [1.165, 1.54) is 5.56 Å². The standard InChI is InChI=1S/C24H32N4O3/c1-24(2)19-14-17(22(25)29)11-10-16(19)15-20(31-3)21(24)26-12-7-13-27-23(30)28-18-8-5-4-6-9-18/h4-6,8-11,14,20-21,26H,7,12-13,15H2,1-3H3,(H2,25,29)(H2,27,28,30)/t20-,21+/m0/s1. The molecule has 0 fully saturated rings. The number of urea groups is 1. The normalized spacial score (nSPS) is 19.3. The molecule has 0 aromatic heterocycles. The number of benzene rings is 2. The van der Waals surface area contributed by atoms with E-state index in [2.05, 4.69) is 29.8 Å². The highest BCUT2D eigenvalue weighted by molar-refractivity contribution is 5.93. The van der Waals surface area contributed by atoms with Crippen molar-refractivity contribution in [3.8, 4) is 0 Å². The van der Waals surface area contributed by atoms with Gasteiger partial charge in [0.15, 0.2) is 0 Å². The van der Waals surface area contributed by atoms with Crippen LogP contribution in [0.3, 0.4) is 0 Å². The Kier molecular flexibility index (Phi) is 7.30. The molecule has 2 aromatic rings. The number of primary amides is 1. The lowest BCUT2D eigenvalue weighted by Gasteiger charge is -2.45. The lowest BCUT2D eigenvalue weighted by Crippen LogP contribution is -2.57. The number of carbonyl (C=O) groups excluding carboxylic acids is 2. The van der Waals surface area contributed by atoms with E-state index in [1.54, 1.807) is 13.2 Å². The summed E-state index contributed by atoms with van der Waals surface area (Å²) in [5.74, 6) is -0.420. The third kappa shape index (κ3) is 5.42. The summed E-state index contributed by atoms with van der Waals surface area (Å²) in [6.45, 7) is 5.60. The summed E-state index contributed by atoms with van der Waals surface area (Å²) in [6.07, 6.45) is 1.56. The Labute approximate surface area is 183 Å². The van der Waals surface area contributed by atoms with Crippen molar-refractivity contribution in [2.45, 2.75) is 44.2 Å². The minimum absolute atomic E-state index is 0.0104. The van der Waals surface area contributed by atoms with Crippen LogP contribution in [0.25, 0.3) is 0 Å². The summed E-state index contributed by atoms with van der Waals surface area (Å²) < 4.78 is 5.80. The second kappa shape index (κ2) is 9.94. The lowest BCUT2D eigenvalue weighted by atomic mass is 9.67. The average Bonchev–Trinajstić information content (AvgIpc) is 2.75. The highest BCUT2D eigenvalue weighted by Gasteiger charge is 2.42. The molecule has 2 atom stereocenters. The van der Waals surface area contributed by atoms with Gasteiger partial charge in [-0.3, -0.25) is 4.79 Å². The quantitative estimate of drug-likeness (QED) is 0.489. The number of carbonyl (C=O) groups is 2. The van der Waals surface area contributed by atoms with Crippen LogP contribution in [0.2, 0.25) is 0 Å². The molecular weight excluding hydrogens is 392 g/mol. The van der Waals surface area contributed by atoms with Gasteiger partial charge in [0.25, 0.3) is 0 Å². The molecule has 2 aromatic carbocycles. The maximum absolute atomic E-state index is 12.0. The van der Waals surface area contributed by atoms with Gasteiger partial charge in [0, 0.05) is 42.8 Å². The van der Waals surface area contributed by atoms with Gasteiger partial charge in [-0.15, -0.1) is 0 Å². The van der Waals surface area contributed by atoms with Crippen molar-refractivity contribution in [3.63, 3.8) is 0 Å². The van der Waals surface area contributed by atoms with Gasteiger partial charge in [-0.1, -0.05) is 38.1 Å². The van der Waals surface area contributed by atoms with Gasteiger partial charge in [-0.05, 0) is 48.4 Å². The second-order valence-electron chi connectivity index (χ2n) is 8.47. The van der Waals surface area contributed by atoms with Gasteiger partial charge in [0.05, 0.1) is 6.10 Å². The van der Waals surface area contributed by atoms with Crippen molar-refractivity contribution < 1.29 is 14.3 Å². The number of amides is 3. The molecule has 0 unspecified atom stereocenters. The Morgan fingerprint density at radius 1 is 1.13 bits per heavy atom. The summed E-state index contributed by atoms with van der Waals surface area (Å²) in [4.78, 5) is 23.7. The molecule has 7 nitrogen and oxygen atoms in total. The number of hydrogen-bond donors (Lipinski definition) is 4. The Morgan fingerprint density at radius 2 is 1.87 bits per heavy atom. The van der Waals surface area contributed by atoms with E-state index in [9.17, 15) is 9.59 Å². The van der Waals surface area contributed by atoms with E-state index in [0.717, 1.165) is 30.6 Å². The zero-order chi connectivity index (χ0) is 22.4. The number of rotatable bonds is 8. The van der Waals surface area contributed by atoms with E-state index >= 15 is 0 Å². The van der Waals surface area contributed by atoms with E-state index in [4.69, 9.17) is 10.5 Å². The van der Waals surface area contributed by atoms with Crippen molar-refractivity contribution in [3.05, 3.63) is 65.2 Å². The Bertz CT molecular complexity index is 914. The molecule has 0 saturated heterocycles. The molecule has 1 aliphatic carbocycles. The van der Waals surface area contributed by atoms with Gasteiger partial charge in [-0.2, -0.15) is 0 Å². The maximum Gasteiger partial charge on any atom is 0.319 e. The van der Waals surface area contributed by atoms with Crippen LogP contribution in [0.5, 0.6) is 0 Å². The number of ether oxygens (including phenoxy) is 1. The molecule has 3 amide bonds. The smallest absolute Gasteiger partial charge is 0.319 e. The molecule has 7 heteroatoms. The minimum atomic E-state index is -0.420. The largest absolute Gasteiger partial charge is 0.379 e. The summed E-state index contributed by atoms with van der Waals surface area (Å²) in [5, 5.41) is 9.30. The van der Waals surface area contributed by atoms with E-state index in [1.807, 2.05) is 42.5 Å². The van der Waals surface area contributed by atoms with Gasteiger partial charge in [0.1, 0.15) is 0 Å². The summed E-state index contributed by atoms with van der Waals surface area (Å²) in [5.41, 5.74) is 8.83. The first-order valence-corrected chi connectivity index (χ1v) is 10.6. The first-order chi connectivity index (χ1) is 14.8. The number of hydrogen-bond acceptors (Lipinski definition) is 4. The number of nitrogens with two attached hydrogens (primary N) is 1. The van der Waals surface area contributed by atoms with E-state index < -0.39 is 5.91 Å². The highest BCUT2D eigenvalue weighted by atomic mass is 16.5. The third-order valence-electron chi connectivity index (χ3n) is 6.00. The molecule has 1 aliphatic rings. The van der Waals surface area contributed by atoms with Crippen LogP contribution < -0.4 is 21.7 Å². The van der Waals surface area contributed by atoms with Gasteiger partial charge >= 0.3 is 6.03 Å². The summed E-state index contributed by atoms with van der Waals surface area (Å²) in [6, 6.07) is 14.9. The molecule has 0 heterocycles. The fourth-order valence-corrected chi connectivity index (χ4v) is 4.33. The molecular formula is C24H32N4O3. The Balaban J connectivity index is 1.56. The van der Waals surface area contributed by atoms with Crippen molar-refractivity contribution in [2.24, 2.45) is 5.73 Å². The van der Waals surface area contributed by atoms with Crippen LogP contribution in [-0.4, -0.2) is 44.3 Å². The Morgan fingerprint density at radius 3 is 2.55 bits per heavy atom.